The van der Waals surface area contributed by atoms with Gasteiger partial charge in [-0.1, -0.05) is 11.8 Å². The van der Waals surface area contributed by atoms with E-state index >= 15 is 0 Å². The van der Waals surface area contributed by atoms with Gasteiger partial charge in [0.05, 0.1) is 16.4 Å². The van der Waals surface area contributed by atoms with Crippen LogP contribution in [0.4, 0.5) is 13.2 Å². The van der Waals surface area contributed by atoms with Crippen molar-refractivity contribution >= 4 is 17.2 Å². The van der Waals surface area contributed by atoms with Crippen molar-refractivity contribution in [3.8, 4) is 11.8 Å². The molecule has 1 amide bonds. The van der Waals surface area contributed by atoms with Crippen LogP contribution in [0.2, 0.25) is 0 Å². The number of thiophene rings is 1. The molecule has 0 radical (unpaired) electrons. The van der Waals surface area contributed by atoms with Crippen molar-refractivity contribution in [2.75, 3.05) is 26.3 Å². The quantitative estimate of drug-likeness (QED) is 0.824. The monoisotopic (exact) mass is 321 g/mol. The molecule has 116 valence electrons. The molecule has 0 saturated carbocycles. The minimum Gasteiger partial charge on any atom is -0.395 e. The maximum absolute atomic E-state index is 12.4. The molecule has 0 aliphatic carbocycles. The third kappa shape index (κ3) is 5.38. The molecule has 0 atom stereocenters. The van der Waals surface area contributed by atoms with Crippen LogP contribution in [0.5, 0.6) is 0 Å². The molecule has 0 unspecified atom stereocenters. The van der Waals surface area contributed by atoms with Gasteiger partial charge in [-0.05, 0) is 18.6 Å². The highest BCUT2D eigenvalue weighted by Crippen LogP contribution is 2.24. The number of alkyl halides is 3. The Balaban J connectivity index is 2.98. The van der Waals surface area contributed by atoms with E-state index < -0.39 is 31.8 Å². The molecule has 1 aromatic heterocycles. The van der Waals surface area contributed by atoms with Crippen LogP contribution in [-0.4, -0.2) is 53.5 Å². The number of carbonyl (C=O) groups is 1. The van der Waals surface area contributed by atoms with E-state index in [-0.39, 0.29) is 11.5 Å². The smallest absolute Gasteiger partial charge is 0.395 e. The van der Waals surface area contributed by atoms with E-state index in [4.69, 9.17) is 10.2 Å². The van der Waals surface area contributed by atoms with E-state index in [0.717, 1.165) is 11.3 Å². The maximum atomic E-state index is 12.4. The van der Waals surface area contributed by atoms with Gasteiger partial charge in [-0.25, -0.2) is 0 Å². The molecule has 0 aliphatic rings. The average Bonchev–Trinajstić information content (AvgIpc) is 2.75. The SMILES string of the molecule is Cc1cc(C(=O)N(CCO)CC(F)(F)F)sc1C#CCO. The number of hydrogen-bond donors (Lipinski definition) is 2. The van der Waals surface area contributed by atoms with Crippen LogP contribution in [0, 0.1) is 18.8 Å². The van der Waals surface area contributed by atoms with Gasteiger partial charge in [0.15, 0.2) is 0 Å². The molecular weight excluding hydrogens is 307 g/mol. The van der Waals surface area contributed by atoms with Crippen LogP contribution >= 0.6 is 11.3 Å². The molecule has 0 saturated heterocycles. The Morgan fingerprint density at radius 3 is 2.62 bits per heavy atom. The van der Waals surface area contributed by atoms with E-state index in [9.17, 15) is 18.0 Å². The van der Waals surface area contributed by atoms with Gasteiger partial charge in [-0.15, -0.1) is 11.3 Å². The number of carbonyl (C=O) groups excluding carboxylic acids is 1. The van der Waals surface area contributed by atoms with Gasteiger partial charge in [-0.2, -0.15) is 13.2 Å². The van der Waals surface area contributed by atoms with Gasteiger partial charge in [0.2, 0.25) is 0 Å². The lowest BCUT2D eigenvalue weighted by atomic mass is 10.2. The number of aryl methyl sites for hydroxylation is 1. The molecule has 1 aromatic rings. The highest BCUT2D eigenvalue weighted by atomic mass is 32.1. The van der Waals surface area contributed by atoms with Crippen LogP contribution in [-0.2, 0) is 0 Å². The van der Waals surface area contributed by atoms with E-state index in [1.807, 2.05) is 0 Å². The summed E-state index contributed by atoms with van der Waals surface area (Å²) < 4.78 is 37.3. The van der Waals surface area contributed by atoms with E-state index in [2.05, 4.69) is 11.8 Å². The highest BCUT2D eigenvalue weighted by Gasteiger charge is 2.33. The van der Waals surface area contributed by atoms with Crippen molar-refractivity contribution in [1.82, 2.24) is 4.90 Å². The van der Waals surface area contributed by atoms with Crippen molar-refractivity contribution in [2.24, 2.45) is 0 Å². The van der Waals surface area contributed by atoms with Crippen molar-refractivity contribution < 1.29 is 28.2 Å². The van der Waals surface area contributed by atoms with E-state index in [1.54, 1.807) is 6.92 Å². The van der Waals surface area contributed by atoms with Crippen LogP contribution in [0.15, 0.2) is 6.07 Å². The average molecular weight is 321 g/mol. The molecule has 0 bridgehead atoms. The molecular formula is C13H14F3NO3S. The van der Waals surface area contributed by atoms with Gasteiger partial charge in [0, 0.05) is 6.54 Å². The van der Waals surface area contributed by atoms with Crippen LogP contribution in [0.1, 0.15) is 20.1 Å². The number of nitrogens with zero attached hydrogens (tertiary/aromatic N) is 1. The first-order valence-corrected chi connectivity index (χ1v) is 6.77. The predicted octanol–water partition coefficient (Wildman–Crippen LogP) is 1.40. The van der Waals surface area contributed by atoms with Crippen LogP contribution < -0.4 is 0 Å². The van der Waals surface area contributed by atoms with Gasteiger partial charge in [0.1, 0.15) is 13.2 Å². The zero-order chi connectivity index (χ0) is 16.0. The van der Waals surface area contributed by atoms with Crippen LogP contribution in [0.25, 0.3) is 0 Å². The third-order valence-corrected chi connectivity index (χ3v) is 3.58. The number of rotatable bonds is 4. The molecule has 1 rings (SSSR count). The standard InChI is InChI=1S/C13H14F3NO3S/c1-9-7-11(21-10(9)3-2-5-18)12(20)17(4-6-19)8-13(14,15)16/h7,18-19H,4-6,8H2,1H3. The Labute approximate surface area is 123 Å². The number of amides is 1. The second-order valence-corrected chi connectivity index (χ2v) is 5.20. The van der Waals surface area contributed by atoms with Crippen molar-refractivity contribution in [3.63, 3.8) is 0 Å². The second-order valence-electron chi connectivity index (χ2n) is 4.15. The maximum Gasteiger partial charge on any atom is 0.406 e. The first kappa shape index (κ1) is 17.5. The topological polar surface area (TPSA) is 60.8 Å². The minimum absolute atomic E-state index is 0.118. The van der Waals surface area contributed by atoms with Crippen LogP contribution in [0.3, 0.4) is 0 Å². The zero-order valence-corrected chi connectivity index (χ0v) is 12.0. The second kappa shape index (κ2) is 7.45. The lowest BCUT2D eigenvalue weighted by Gasteiger charge is -2.22. The number of halogens is 3. The summed E-state index contributed by atoms with van der Waals surface area (Å²) in [5.41, 5.74) is 0.653. The summed E-state index contributed by atoms with van der Waals surface area (Å²) in [5.74, 6) is 4.26. The lowest BCUT2D eigenvalue weighted by molar-refractivity contribution is -0.141. The largest absolute Gasteiger partial charge is 0.406 e. The summed E-state index contributed by atoms with van der Waals surface area (Å²) in [6, 6.07) is 1.45. The first-order chi connectivity index (χ1) is 9.78. The third-order valence-electron chi connectivity index (χ3n) is 2.44. The van der Waals surface area contributed by atoms with Crippen molar-refractivity contribution in [3.05, 3.63) is 21.4 Å². The lowest BCUT2D eigenvalue weighted by Crippen LogP contribution is -2.40. The van der Waals surface area contributed by atoms with Gasteiger partial charge < -0.3 is 15.1 Å². The molecule has 2 N–H and O–H groups in total. The summed E-state index contributed by atoms with van der Waals surface area (Å²) in [6.45, 7) is -1.03. The molecule has 21 heavy (non-hydrogen) atoms. The molecule has 0 spiro atoms. The van der Waals surface area contributed by atoms with E-state index in [0.29, 0.717) is 15.3 Å². The molecule has 8 heteroatoms. The highest BCUT2D eigenvalue weighted by molar-refractivity contribution is 7.14. The van der Waals surface area contributed by atoms with Gasteiger partial charge in [0.25, 0.3) is 5.91 Å². The minimum atomic E-state index is -4.53. The molecule has 4 nitrogen and oxygen atoms in total. The van der Waals surface area contributed by atoms with Gasteiger partial charge >= 0.3 is 6.18 Å². The summed E-state index contributed by atoms with van der Waals surface area (Å²) in [7, 11) is 0. The zero-order valence-electron chi connectivity index (χ0n) is 11.2. The summed E-state index contributed by atoms with van der Waals surface area (Å²) in [5, 5.41) is 17.4. The molecule has 0 aromatic carbocycles. The predicted molar refractivity (Wildman–Crippen MR) is 72.1 cm³/mol. The Kier molecular flexibility index (Phi) is 6.20. The fourth-order valence-corrected chi connectivity index (χ4v) is 2.59. The van der Waals surface area contributed by atoms with E-state index in [1.165, 1.54) is 6.07 Å². The normalized spacial score (nSPS) is 11.0. The fourth-order valence-electron chi connectivity index (χ4n) is 1.58. The van der Waals surface area contributed by atoms with Gasteiger partial charge in [-0.3, -0.25) is 4.79 Å². The molecule has 1 heterocycles. The Bertz CT molecular complexity index is 557. The number of aliphatic hydroxyl groups excluding tert-OH is 2. The first-order valence-electron chi connectivity index (χ1n) is 5.95. The summed E-state index contributed by atoms with van der Waals surface area (Å²) in [6.07, 6.45) is -4.53. The Hall–Kier alpha value is -1.56. The number of hydrogen-bond acceptors (Lipinski definition) is 4. The Morgan fingerprint density at radius 1 is 1.43 bits per heavy atom. The number of aliphatic hydroxyl groups is 2. The van der Waals surface area contributed by atoms with Crippen molar-refractivity contribution in [2.45, 2.75) is 13.1 Å². The molecule has 0 aliphatic heterocycles. The fraction of sp³-hybridized carbons (Fsp3) is 0.462. The molecule has 0 fully saturated rings. The summed E-state index contributed by atoms with van der Waals surface area (Å²) in [4.78, 5) is 13.3. The Morgan fingerprint density at radius 2 is 2.10 bits per heavy atom. The summed E-state index contributed by atoms with van der Waals surface area (Å²) >= 11 is 0.963. The van der Waals surface area contributed by atoms with Crippen molar-refractivity contribution in [1.29, 1.82) is 0 Å².